The van der Waals surface area contributed by atoms with E-state index in [9.17, 15) is 4.79 Å². The smallest absolute Gasteiger partial charge is 0.324 e. The Morgan fingerprint density at radius 1 is 1.10 bits per heavy atom. The van der Waals surface area contributed by atoms with Crippen molar-refractivity contribution in [1.29, 1.82) is 0 Å². The summed E-state index contributed by atoms with van der Waals surface area (Å²) in [6, 6.07) is 0.451. The Hall–Kier alpha value is -2.12. The Morgan fingerprint density at radius 3 is 2.05 bits per heavy atom. The van der Waals surface area contributed by atoms with Gasteiger partial charge in [0.2, 0.25) is 11.9 Å². The third-order valence-electron chi connectivity index (χ3n) is 3.52. The fourth-order valence-electron chi connectivity index (χ4n) is 2.34. The van der Waals surface area contributed by atoms with Crippen LogP contribution in [0.3, 0.4) is 0 Å². The van der Waals surface area contributed by atoms with Crippen molar-refractivity contribution in [2.75, 3.05) is 46.3 Å². The van der Waals surface area contributed by atoms with Gasteiger partial charge in [0.05, 0.1) is 14.2 Å². The Balaban J connectivity index is 2.06. The maximum absolute atomic E-state index is 12.0. The van der Waals surface area contributed by atoms with Gasteiger partial charge in [-0.25, -0.2) is 0 Å². The summed E-state index contributed by atoms with van der Waals surface area (Å²) >= 11 is 0. The second-order valence-corrected chi connectivity index (χ2v) is 5.10. The maximum atomic E-state index is 12.0. The molecule has 1 amide bonds. The molecule has 0 aliphatic carbocycles. The molecule has 1 aromatic rings. The molecule has 8 nitrogen and oxygen atoms in total. The maximum Gasteiger partial charge on any atom is 0.324 e. The Kier molecular flexibility index (Phi) is 4.77. The van der Waals surface area contributed by atoms with Crippen LogP contribution in [0.5, 0.6) is 12.0 Å². The zero-order valence-corrected chi connectivity index (χ0v) is 12.9. The first-order valence-electron chi connectivity index (χ1n) is 6.85. The van der Waals surface area contributed by atoms with E-state index >= 15 is 0 Å². The van der Waals surface area contributed by atoms with Gasteiger partial charge in [0.1, 0.15) is 0 Å². The summed E-state index contributed by atoms with van der Waals surface area (Å²) in [5.74, 6) is 0.775. The minimum atomic E-state index is 0.0712. The Morgan fingerprint density at radius 2 is 1.62 bits per heavy atom. The molecule has 0 N–H and O–H groups in total. The van der Waals surface area contributed by atoms with Crippen LogP contribution in [0.2, 0.25) is 0 Å². The third-order valence-corrected chi connectivity index (χ3v) is 3.52. The molecule has 1 aliphatic rings. The van der Waals surface area contributed by atoms with E-state index in [0.717, 1.165) is 25.9 Å². The molecule has 0 aromatic carbocycles. The van der Waals surface area contributed by atoms with E-state index in [1.165, 1.54) is 14.2 Å². The van der Waals surface area contributed by atoms with Gasteiger partial charge in [0, 0.05) is 33.1 Å². The van der Waals surface area contributed by atoms with Crippen LogP contribution in [0.1, 0.15) is 12.8 Å². The van der Waals surface area contributed by atoms with E-state index in [2.05, 4.69) is 15.0 Å². The van der Waals surface area contributed by atoms with Crippen molar-refractivity contribution in [1.82, 2.24) is 19.9 Å². The second-order valence-electron chi connectivity index (χ2n) is 5.10. The second kappa shape index (κ2) is 6.55. The van der Waals surface area contributed by atoms with Crippen molar-refractivity contribution in [2.45, 2.75) is 12.8 Å². The molecule has 1 fully saturated rings. The van der Waals surface area contributed by atoms with Gasteiger partial charge >= 0.3 is 12.0 Å². The van der Waals surface area contributed by atoms with Crippen LogP contribution in [0, 0.1) is 5.92 Å². The number of carbonyl (C=O) groups is 1. The van der Waals surface area contributed by atoms with Crippen LogP contribution in [0.15, 0.2) is 0 Å². The number of ether oxygens (including phenoxy) is 2. The van der Waals surface area contributed by atoms with E-state index in [4.69, 9.17) is 9.47 Å². The molecule has 0 spiro atoms. The van der Waals surface area contributed by atoms with E-state index in [1.807, 2.05) is 4.90 Å². The molecule has 0 saturated carbocycles. The molecule has 0 atom stereocenters. The van der Waals surface area contributed by atoms with Crippen molar-refractivity contribution >= 4 is 11.9 Å². The van der Waals surface area contributed by atoms with Gasteiger partial charge in [-0.3, -0.25) is 4.79 Å². The molecule has 1 aromatic heterocycles. The predicted molar refractivity (Wildman–Crippen MR) is 76.6 cm³/mol. The van der Waals surface area contributed by atoms with E-state index in [1.54, 1.807) is 19.0 Å². The van der Waals surface area contributed by atoms with Gasteiger partial charge in [0.15, 0.2) is 0 Å². The Labute approximate surface area is 124 Å². The number of piperidine rings is 1. The molecule has 0 bridgehead atoms. The monoisotopic (exact) mass is 295 g/mol. The molecular weight excluding hydrogens is 274 g/mol. The van der Waals surface area contributed by atoms with Crippen LogP contribution < -0.4 is 14.4 Å². The molecule has 0 radical (unpaired) electrons. The number of aromatic nitrogens is 3. The highest BCUT2D eigenvalue weighted by atomic mass is 16.5. The van der Waals surface area contributed by atoms with Gasteiger partial charge in [-0.1, -0.05) is 0 Å². The average molecular weight is 295 g/mol. The minimum Gasteiger partial charge on any atom is -0.467 e. The lowest BCUT2D eigenvalue weighted by molar-refractivity contribution is -0.133. The van der Waals surface area contributed by atoms with Crippen LogP contribution >= 0.6 is 0 Å². The summed E-state index contributed by atoms with van der Waals surface area (Å²) in [4.78, 5) is 28.1. The van der Waals surface area contributed by atoms with Crippen molar-refractivity contribution in [2.24, 2.45) is 5.92 Å². The average Bonchev–Trinajstić information content (AvgIpc) is 2.53. The van der Waals surface area contributed by atoms with Gasteiger partial charge in [-0.2, -0.15) is 9.97 Å². The topological polar surface area (TPSA) is 80.7 Å². The molecule has 2 rings (SSSR count). The summed E-state index contributed by atoms with van der Waals surface area (Å²) < 4.78 is 10.1. The first-order valence-corrected chi connectivity index (χ1v) is 6.85. The number of carbonyl (C=O) groups excluding carboxylic acids is 1. The molecule has 21 heavy (non-hydrogen) atoms. The lowest BCUT2D eigenvalue weighted by Gasteiger charge is -2.32. The van der Waals surface area contributed by atoms with Crippen LogP contribution in [0.25, 0.3) is 0 Å². The number of hydrogen-bond donors (Lipinski definition) is 0. The summed E-state index contributed by atoms with van der Waals surface area (Å²) in [5, 5.41) is 0. The molecule has 116 valence electrons. The zero-order valence-electron chi connectivity index (χ0n) is 12.9. The molecule has 8 heteroatoms. The van der Waals surface area contributed by atoms with Gasteiger partial charge < -0.3 is 19.3 Å². The number of methoxy groups -OCH3 is 2. The van der Waals surface area contributed by atoms with Gasteiger partial charge in [-0.05, 0) is 12.8 Å². The van der Waals surface area contributed by atoms with Crippen molar-refractivity contribution in [3.05, 3.63) is 0 Å². The summed E-state index contributed by atoms with van der Waals surface area (Å²) in [6.07, 6.45) is 1.57. The number of anilines is 1. The third kappa shape index (κ3) is 3.50. The highest BCUT2D eigenvalue weighted by Crippen LogP contribution is 2.23. The molecule has 1 aliphatic heterocycles. The van der Waals surface area contributed by atoms with Crippen LogP contribution in [-0.4, -0.2) is 67.2 Å². The predicted octanol–water partition coefficient (Wildman–Crippen LogP) is 0.193. The fraction of sp³-hybridized carbons (Fsp3) is 0.692. The lowest BCUT2D eigenvalue weighted by atomic mass is 9.96. The van der Waals surface area contributed by atoms with Crippen LogP contribution in [-0.2, 0) is 4.79 Å². The number of amides is 1. The summed E-state index contributed by atoms with van der Waals surface area (Å²) in [5.41, 5.74) is 0. The largest absolute Gasteiger partial charge is 0.467 e. The highest BCUT2D eigenvalue weighted by molar-refractivity contribution is 5.78. The van der Waals surface area contributed by atoms with E-state index in [-0.39, 0.29) is 23.8 Å². The summed E-state index contributed by atoms with van der Waals surface area (Å²) in [7, 11) is 6.58. The van der Waals surface area contributed by atoms with Gasteiger partial charge in [0.25, 0.3) is 0 Å². The number of hydrogen-bond acceptors (Lipinski definition) is 7. The van der Waals surface area contributed by atoms with Crippen molar-refractivity contribution in [3.63, 3.8) is 0 Å². The molecule has 2 heterocycles. The number of rotatable bonds is 4. The van der Waals surface area contributed by atoms with Crippen LogP contribution in [0.4, 0.5) is 5.95 Å². The van der Waals surface area contributed by atoms with E-state index in [0.29, 0.717) is 5.95 Å². The zero-order chi connectivity index (χ0) is 15.4. The van der Waals surface area contributed by atoms with E-state index < -0.39 is 0 Å². The quantitative estimate of drug-likeness (QED) is 0.784. The fourth-order valence-corrected chi connectivity index (χ4v) is 2.34. The highest BCUT2D eigenvalue weighted by Gasteiger charge is 2.27. The Bertz CT molecular complexity index is 478. The van der Waals surface area contributed by atoms with Crippen molar-refractivity contribution in [3.8, 4) is 12.0 Å². The molecule has 1 saturated heterocycles. The molecule has 0 unspecified atom stereocenters. The lowest BCUT2D eigenvalue weighted by Crippen LogP contribution is -2.40. The first kappa shape index (κ1) is 15.3. The minimum absolute atomic E-state index is 0.0712. The normalized spacial score (nSPS) is 15.7. The summed E-state index contributed by atoms with van der Waals surface area (Å²) in [6.45, 7) is 1.45. The SMILES string of the molecule is COc1nc(OC)nc(N2CCC(C(=O)N(C)C)CC2)n1. The van der Waals surface area contributed by atoms with Gasteiger partial charge in [-0.15, -0.1) is 4.98 Å². The van der Waals surface area contributed by atoms with Crippen molar-refractivity contribution < 1.29 is 14.3 Å². The first-order chi connectivity index (χ1) is 10.0. The standard InChI is InChI=1S/C13H21N5O3/c1-17(2)10(19)9-5-7-18(8-6-9)11-14-12(20-3)16-13(15-11)21-4/h9H,5-8H2,1-4H3. The molecular formula is C13H21N5O3. The number of nitrogens with zero attached hydrogens (tertiary/aromatic N) is 5.